The van der Waals surface area contributed by atoms with Gasteiger partial charge in [-0.2, -0.15) is 0 Å². The first kappa shape index (κ1) is 11.9. The molecule has 0 bridgehead atoms. The van der Waals surface area contributed by atoms with E-state index in [0.29, 0.717) is 0 Å². The first-order valence-electron chi connectivity index (χ1n) is 6.55. The van der Waals surface area contributed by atoms with Crippen LogP contribution in [-0.4, -0.2) is 28.0 Å². The number of rotatable bonds is 5. The Labute approximate surface area is 111 Å². The summed E-state index contributed by atoms with van der Waals surface area (Å²) < 4.78 is 0. The van der Waals surface area contributed by atoms with Crippen LogP contribution in [0, 0.1) is 0 Å². The van der Waals surface area contributed by atoms with Gasteiger partial charge in [-0.05, 0) is 25.5 Å². The van der Waals surface area contributed by atoms with Crippen LogP contribution < -0.4 is 11.1 Å². The van der Waals surface area contributed by atoms with E-state index in [0.717, 1.165) is 53.7 Å². The summed E-state index contributed by atoms with van der Waals surface area (Å²) in [5, 5.41) is 5.59. The number of nitrogens with zero attached hydrogens (tertiary/aromatic N) is 2. The van der Waals surface area contributed by atoms with Gasteiger partial charge in [-0.3, -0.25) is 0 Å². The van der Waals surface area contributed by atoms with E-state index < -0.39 is 0 Å². The summed E-state index contributed by atoms with van der Waals surface area (Å²) in [6.07, 6.45) is 3.66. The molecule has 2 aromatic heterocycles. The van der Waals surface area contributed by atoms with Crippen LogP contribution in [-0.2, 0) is 0 Å². The Balaban J connectivity index is 1.99. The van der Waals surface area contributed by atoms with Crippen molar-refractivity contribution in [3.63, 3.8) is 0 Å². The predicted octanol–water partition coefficient (Wildman–Crippen LogP) is 2.26. The molecule has 0 saturated heterocycles. The van der Waals surface area contributed by atoms with E-state index >= 15 is 0 Å². The second-order valence-corrected chi connectivity index (χ2v) is 4.54. The lowest BCUT2D eigenvalue weighted by Crippen LogP contribution is -2.07. The van der Waals surface area contributed by atoms with Gasteiger partial charge in [0.15, 0.2) is 0 Å². The Kier molecular flexibility index (Phi) is 3.29. The first-order valence-corrected chi connectivity index (χ1v) is 6.55. The molecule has 0 aliphatic carbocycles. The highest BCUT2D eigenvalue weighted by atomic mass is 15.0. The Morgan fingerprint density at radius 3 is 2.95 bits per heavy atom. The summed E-state index contributed by atoms with van der Waals surface area (Å²) in [4.78, 5) is 12.0. The highest BCUT2D eigenvalue weighted by molar-refractivity contribution is 6.10. The van der Waals surface area contributed by atoms with Gasteiger partial charge in [0.25, 0.3) is 0 Å². The average molecular weight is 255 g/mol. The second-order valence-electron chi connectivity index (χ2n) is 4.54. The third-order valence-corrected chi connectivity index (χ3v) is 3.22. The van der Waals surface area contributed by atoms with Crippen molar-refractivity contribution < 1.29 is 0 Å². The van der Waals surface area contributed by atoms with E-state index in [-0.39, 0.29) is 0 Å². The standard InChI is InChI=1S/C14H17N5/c15-7-3-4-8-16-13-12-10-5-1-2-6-11(10)19-14(12)18-9-17-13/h1-2,5-6,9H,3-4,7-8,15H2,(H2,16,17,18,19). The molecular weight excluding hydrogens is 238 g/mol. The molecule has 19 heavy (non-hydrogen) atoms. The second kappa shape index (κ2) is 5.24. The quantitative estimate of drug-likeness (QED) is 0.611. The average Bonchev–Trinajstić information content (AvgIpc) is 2.83. The van der Waals surface area contributed by atoms with Crippen LogP contribution in [0.2, 0.25) is 0 Å². The maximum Gasteiger partial charge on any atom is 0.143 e. The van der Waals surface area contributed by atoms with Gasteiger partial charge < -0.3 is 16.0 Å². The van der Waals surface area contributed by atoms with Crippen LogP contribution in [0.3, 0.4) is 0 Å². The SMILES string of the molecule is NCCCCNc1ncnc2[nH]c3ccccc3c12. The summed E-state index contributed by atoms with van der Waals surface area (Å²) in [6, 6.07) is 8.18. The molecule has 4 N–H and O–H groups in total. The molecule has 0 amide bonds. The van der Waals surface area contributed by atoms with Gasteiger partial charge >= 0.3 is 0 Å². The molecule has 3 rings (SSSR count). The van der Waals surface area contributed by atoms with Crippen molar-refractivity contribution in [1.29, 1.82) is 0 Å². The van der Waals surface area contributed by atoms with Crippen molar-refractivity contribution >= 4 is 27.8 Å². The molecule has 0 fully saturated rings. The molecule has 5 nitrogen and oxygen atoms in total. The number of hydrogen-bond donors (Lipinski definition) is 3. The molecule has 5 heteroatoms. The number of H-pyrrole nitrogens is 1. The number of para-hydroxylation sites is 1. The molecule has 2 heterocycles. The monoisotopic (exact) mass is 255 g/mol. The summed E-state index contributed by atoms with van der Waals surface area (Å²) in [6.45, 7) is 1.61. The van der Waals surface area contributed by atoms with Crippen LogP contribution >= 0.6 is 0 Å². The molecule has 0 radical (unpaired) electrons. The predicted molar refractivity (Wildman–Crippen MR) is 78.2 cm³/mol. The minimum atomic E-state index is 0.730. The molecule has 0 spiro atoms. The Morgan fingerprint density at radius 2 is 2.05 bits per heavy atom. The van der Waals surface area contributed by atoms with Crippen LogP contribution in [0.15, 0.2) is 30.6 Å². The molecule has 0 aliphatic heterocycles. The molecule has 0 aliphatic rings. The minimum absolute atomic E-state index is 0.730. The van der Waals surface area contributed by atoms with Gasteiger partial charge in [0.2, 0.25) is 0 Å². The zero-order chi connectivity index (χ0) is 13.1. The minimum Gasteiger partial charge on any atom is -0.369 e. The zero-order valence-electron chi connectivity index (χ0n) is 10.7. The fraction of sp³-hybridized carbons (Fsp3) is 0.286. The Hall–Kier alpha value is -2.14. The van der Waals surface area contributed by atoms with Gasteiger partial charge in [-0.1, -0.05) is 18.2 Å². The van der Waals surface area contributed by atoms with Crippen molar-refractivity contribution in [2.45, 2.75) is 12.8 Å². The number of nitrogens with one attached hydrogen (secondary N) is 2. The third-order valence-electron chi connectivity index (χ3n) is 3.22. The number of aromatic amines is 1. The van der Waals surface area contributed by atoms with Crippen molar-refractivity contribution in [2.75, 3.05) is 18.4 Å². The zero-order valence-corrected chi connectivity index (χ0v) is 10.7. The lowest BCUT2D eigenvalue weighted by molar-refractivity contribution is 0.773. The Morgan fingerprint density at radius 1 is 1.16 bits per heavy atom. The lowest BCUT2D eigenvalue weighted by Gasteiger charge is -2.05. The highest BCUT2D eigenvalue weighted by Gasteiger charge is 2.09. The van der Waals surface area contributed by atoms with Crippen molar-refractivity contribution in [3.05, 3.63) is 30.6 Å². The normalized spacial score (nSPS) is 11.2. The van der Waals surface area contributed by atoms with Crippen molar-refractivity contribution in [2.24, 2.45) is 5.73 Å². The summed E-state index contributed by atoms with van der Waals surface area (Å²) in [7, 11) is 0. The van der Waals surface area contributed by atoms with Crippen LogP contribution in [0.25, 0.3) is 21.9 Å². The molecular formula is C14H17N5. The molecule has 3 aromatic rings. The van der Waals surface area contributed by atoms with E-state index in [9.17, 15) is 0 Å². The van der Waals surface area contributed by atoms with Gasteiger partial charge in [-0.15, -0.1) is 0 Å². The van der Waals surface area contributed by atoms with Crippen molar-refractivity contribution in [1.82, 2.24) is 15.0 Å². The Bertz CT molecular complexity index is 688. The number of benzene rings is 1. The van der Waals surface area contributed by atoms with Crippen LogP contribution in [0.4, 0.5) is 5.82 Å². The van der Waals surface area contributed by atoms with E-state index in [1.54, 1.807) is 6.33 Å². The number of fused-ring (bicyclic) bond motifs is 3. The summed E-state index contributed by atoms with van der Waals surface area (Å²) in [5.41, 5.74) is 7.46. The van der Waals surface area contributed by atoms with E-state index in [2.05, 4.69) is 32.4 Å². The van der Waals surface area contributed by atoms with Gasteiger partial charge in [0, 0.05) is 17.4 Å². The molecule has 0 atom stereocenters. The highest BCUT2D eigenvalue weighted by Crippen LogP contribution is 2.28. The largest absolute Gasteiger partial charge is 0.369 e. The fourth-order valence-electron chi connectivity index (χ4n) is 2.28. The number of aromatic nitrogens is 3. The van der Waals surface area contributed by atoms with Gasteiger partial charge in [-0.25, -0.2) is 9.97 Å². The van der Waals surface area contributed by atoms with Crippen molar-refractivity contribution in [3.8, 4) is 0 Å². The summed E-state index contributed by atoms with van der Waals surface area (Å²) in [5.74, 6) is 0.888. The lowest BCUT2D eigenvalue weighted by atomic mass is 10.2. The van der Waals surface area contributed by atoms with Gasteiger partial charge in [0.05, 0.1) is 5.39 Å². The topological polar surface area (TPSA) is 79.6 Å². The summed E-state index contributed by atoms with van der Waals surface area (Å²) >= 11 is 0. The molecule has 1 aromatic carbocycles. The van der Waals surface area contributed by atoms with E-state index in [1.807, 2.05) is 12.1 Å². The van der Waals surface area contributed by atoms with E-state index in [1.165, 1.54) is 0 Å². The smallest absolute Gasteiger partial charge is 0.143 e. The fourth-order valence-corrected chi connectivity index (χ4v) is 2.28. The number of unbranched alkanes of at least 4 members (excludes halogenated alkanes) is 1. The number of hydrogen-bond acceptors (Lipinski definition) is 4. The molecule has 0 unspecified atom stereocenters. The van der Waals surface area contributed by atoms with Crippen LogP contribution in [0.1, 0.15) is 12.8 Å². The third kappa shape index (κ3) is 2.24. The number of anilines is 1. The number of nitrogens with two attached hydrogens (primary N) is 1. The maximum absolute atomic E-state index is 5.50. The maximum atomic E-state index is 5.50. The van der Waals surface area contributed by atoms with Crippen LogP contribution in [0.5, 0.6) is 0 Å². The molecule has 0 saturated carbocycles. The van der Waals surface area contributed by atoms with Gasteiger partial charge in [0.1, 0.15) is 17.8 Å². The van der Waals surface area contributed by atoms with E-state index in [4.69, 9.17) is 5.73 Å². The first-order chi connectivity index (χ1) is 9.40. The molecule has 98 valence electrons.